The van der Waals surface area contributed by atoms with Crippen molar-refractivity contribution in [2.45, 2.75) is 25.5 Å². The second-order valence-electron chi connectivity index (χ2n) is 6.46. The van der Waals surface area contributed by atoms with Gasteiger partial charge in [-0.3, -0.25) is 4.79 Å². The first kappa shape index (κ1) is 19.6. The number of ether oxygens (including phenoxy) is 1. The van der Waals surface area contributed by atoms with Gasteiger partial charge in [0.2, 0.25) is 0 Å². The molecule has 1 heterocycles. The number of hydrogen-bond donors (Lipinski definition) is 2. The van der Waals surface area contributed by atoms with Crippen molar-refractivity contribution in [1.29, 1.82) is 0 Å². The van der Waals surface area contributed by atoms with Crippen LogP contribution < -0.4 is 15.4 Å². The van der Waals surface area contributed by atoms with Crippen molar-refractivity contribution in [3.05, 3.63) is 60.2 Å². The molecular weight excluding hydrogens is 368 g/mol. The van der Waals surface area contributed by atoms with Gasteiger partial charge in [-0.15, -0.1) is 0 Å². The third-order valence-electron chi connectivity index (χ3n) is 4.38. The number of anilines is 1. The average molecular weight is 389 g/mol. The zero-order valence-electron chi connectivity index (χ0n) is 15.1. The Morgan fingerprint density at radius 2 is 1.89 bits per heavy atom. The minimum Gasteiger partial charge on any atom is -0.435 e. The molecule has 0 aromatic heterocycles. The molecule has 0 bridgehead atoms. The van der Waals surface area contributed by atoms with Crippen molar-refractivity contribution in [2.75, 3.05) is 18.4 Å². The first-order valence-electron chi connectivity index (χ1n) is 8.98. The van der Waals surface area contributed by atoms with E-state index in [1.807, 2.05) is 18.2 Å². The molecule has 1 atom stereocenters. The Kier molecular flexibility index (Phi) is 6.41. The Bertz CT molecular complexity index is 817. The molecule has 2 N–H and O–H groups in total. The third kappa shape index (κ3) is 5.42. The van der Waals surface area contributed by atoms with Crippen LogP contribution in [0.3, 0.4) is 0 Å². The Morgan fingerprint density at radius 1 is 1.11 bits per heavy atom. The van der Waals surface area contributed by atoms with E-state index in [9.17, 15) is 18.4 Å². The number of carbonyl (C=O) groups excluding carboxylic acids is 2. The van der Waals surface area contributed by atoms with Gasteiger partial charge in [-0.2, -0.15) is 8.78 Å². The first-order valence-corrected chi connectivity index (χ1v) is 8.98. The van der Waals surface area contributed by atoms with Crippen molar-refractivity contribution >= 4 is 17.6 Å². The van der Waals surface area contributed by atoms with E-state index in [0.717, 1.165) is 12.8 Å². The monoisotopic (exact) mass is 389 g/mol. The highest BCUT2D eigenvalue weighted by molar-refractivity contribution is 5.94. The summed E-state index contributed by atoms with van der Waals surface area (Å²) >= 11 is 0. The molecule has 3 rings (SSSR count). The molecular formula is C20H21F2N3O3. The van der Waals surface area contributed by atoms with E-state index in [2.05, 4.69) is 15.4 Å². The van der Waals surface area contributed by atoms with Crippen molar-refractivity contribution in [2.24, 2.45) is 0 Å². The van der Waals surface area contributed by atoms with Crippen LogP contribution in [0.4, 0.5) is 19.3 Å². The SMILES string of the molecule is O=C(Nc1cccc(OC(F)F)c1)N[C@H]1CCCN(C(=O)c2ccccc2)C1. The first-order chi connectivity index (χ1) is 13.5. The molecule has 6 nitrogen and oxygen atoms in total. The van der Waals surface area contributed by atoms with Gasteiger partial charge in [0, 0.05) is 36.4 Å². The van der Waals surface area contributed by atoms with Crippen molar-refractivity contribution < 1.29 is 23.1 Å². The number of halogens is 2. The summed E-state index contributed by atoms with van der Waals surface area (Å²) in [6.07, 6.45) is 1.53. The second kappa shape index (κ2) is 9.16. The molecule has 1 fully saturated rings. The lowest BCUT2D eigenvalue weighted by Gasteiger charge is -2.33. The number of nitrogens with zero attached hydrogens (tertiary/aromatic N) is 1. The highest BCUT2D eigenvalue weighted by Gasteiger charge is 2.25. The van der Waals surface area contributed by atoms with E-state index >= 15 is 0 Å². The zero-order chi connectivity index (χ0) is 19.9. The van der Waals surface area contributed by atoms with E-state index in [1.165, 1.54) is 18.2 Å². The predicted octanol–water partition coefficient (Wildman–Crippen LogP) is 3.71. The molecule has 1 aliphatic rings. The largest absolute Gasteiger partial charge is 0.435 e. The van der Waals surface area contributed by atoms with Gasteiger partial charge in [0.25, 0.3) is 5.91 Å². The summed E-state index contributed by atoms with van der Waals surface area (Å²) in [5, 5.41) is 5.43. The summed E-state index contributed by atoms with van der Waals surface area (Å²) in [5.41, 5.74) is 0.951. The van der Waals surface area contributed by atoms with Gasteiger partial charge >= 0.3 is 12.6 Å². The van der Waals surface area contributed by atoms with Crippen LogP contribution in [-0.4, -0.2) is 42.6 Å². The number of rotatable bonds is 5. The highest BCUT2D eigenvalue weighted by atomic mass is 19.3. The number of likely N-dealkylation sites (tertiary alicyclic amines) is 1. The number of benzene rings is 2. The lowest BCUT2D eigenvalue weighted by molar-refractivity contribution is -0.0498. The average Bonchev–Trinajstić information content (AvgIpc) is 2.68. The fourth-order valence-electron chi connectivity index (χ4n) is 3.15. The minimum absolute atomic E-state index is 0.0369. The molecule has 2 aromatic carbocycles. The molecule has 3 amide bonds. The summed E-state index contributed by atoms with van der Waals surface area (Å²) in [6, 6.07) is 14.1. The van der Waals surface area contributed by atoms with E-state index in [-0.39, 0.29) is 17.7 Å². The highest BCUT2D eigenvalue weighted by Crippen LogP contribution is 2.19. The number of hydrogen-bond acceptors (Lipinski definition) is 3. The number of piperidine rings is 1. The van der Waals surface area contributed by atoms with Gasteiger partial charge in [0.05, 0.1) is 0 Å². The molecule has 148 valence electrons. The summed E-state index contributed by atoms with van der Waals surface area (Å²) in [5.74, 6) is -0.102. The standard InChI is InChI=1S/C20H21F2N3O3/c21-19(22)28-17-10-4-8-15(12-17)23-20(27)24-16-9-5-11-25(13-16)18(26)14-6-2-1-3-7-14/h1-4,6-8,10,12,16,19H,5,9,11,13H2,(H2,23,24,27)/t16-/m0/s1. The number of amides is 3. The number of urea groups is 1. The zero-order valence-corrected chi connectivity index (χ0v) is 15.1. The second-order valence-corrected chi connectivity index (χ2v) is 6.46. The summed E-state index contributed by atoms with van der Waals surface area (Å²) < 4.78 is 28.9. The van der Waals surface area contributed by atoms with Crippen LogP contribution in [0, 0.1) is 0 Å². The fraction of sp³-hybridized carbons (Fsp3) is 0.300. The Morgan fingerprint density at radius 3 is 2.64 bits per heavy atom. The van der Waals surface area contributed by atoms with Crippen LogP contribution in [0.5, 0.6) is 5.75 Å². The summed E-state index contributed by atoms with van der Waals surface area (Å²) in [7, 11) is 0. The molecule has 1 saturated heterocycles. The molecule has 0 unspecified atom stereocenters. The van der Waals surface area contributed by atoms with Crippen molar-refractivity contribution in [1.82, 2.24) is 10.2 Å². The van der Waals surface area contributed by atoms with Gasteiger partial charge in [0.15, 0.2) is 0 Å². The van der Waals surface area contributed by atoms with E-state index < -0.39 is 12.6 Å². The molecule has 8 heteroatoms. The molecule has 0 radical (unpaired) electrons. The Balaban J connectivity index is 1.55. The van der Waals surface area contributed by atoms with Crippen molar-refractivity contribution in [3.63, 3.8) is 0 Å². The molecule has 2 aromatic rings. The van der Waals surface area contributed by atoms with Crippen LogP contribution in [0.25, 0.3) is 0 Å². The molecule has 28 heavy (non-hydrogen) atoms. The topological polar surface area (TPSA) is 70.7 Å². The predicted molar refractivity (Wildman–Crippen MR) is 101 cm³/mol. The maximum atomic E-state index is 12.6. The number of carbonyl (C=O) groups is 2. The molecule has 0 spiro atoms. The fourth-order valence-corrected chi connectivity index (χ4v) is 3.15. The smallest absolute Gasteiger partial charge is 0.387 e. The van der Waals surface area contributed by atoms with Crippen LogP contribution >= 0.6 is 0 Å². The quantitative estimate of drug-likeness (QED) is 0.819. The van der Waals surface area contributed by atoms with Crippen LogP contribution in [0.1, 0.15) is 23.2 Å². The van der Waals surface area contributed by atoms with Crippen LogP contribution in [0.2, 0.25) is 0 Å². The molecule has 0 saturated carbocycles. The third-order valence-corrected chi connectivity index (χ3v) is 4.38. The number of nitrogens with one attached hydrogen (secondary N) is 2. The summed E-state index contributed by atoms with van der Waals surface area (Å²) in [4.78, 5) is 26.5. The Labute approximate surface area is 161 Å². The number of alkyl halides is 2. The molecule has 0 aliphatic carbocycles. The van der Waals surface area contributed by atoms with Gasteiger partial charge in [-0.25, -0.2) is 4.79 Å². The van der Waals surface area contributed by atoms with E-state index in [1.54, 1.807) is 23.1 Å². The van der Waals surface area contributed by atoms with Crippen molar-refractivity contribution in [3.8, 4) is 5.75 Å². The minimum atomic E-state index is -2.93. The van der Waals surface area contributed by atoms with E-state index in [0.29, 0.717) is 24.3 Å². The normalized spacial score (nSPS) is 16.5. The molecule has 1 aliphatic heterocycles. The van der Waals surface area contributed by atoms with Crippen LogP contribution in [0.15, 0.2) is 54.6 Å². The van der Waals surface area contributed by atoms with Gasteiger partial charge < -0.3 is 20.3 Å². The van der Waals surface area contributed by atoms with E-state index in [4.69, 9.17) is 0 Å². The van der Waals surface area contributed by atoms with Gasteiger partial charge in [-0.1, -0.05) is 24.3 Å². The maximum Gasteiger partial charge on any atom is 0.387 e. The lowest BCUT2D eigenvalue weighted by atomic mass is 10.0. The summed E-state index contributed by atoms with van der Waals surface area (Å²) in [6.45, 7) is -1.88. The lowest BCUT2D eigenvalue weighted by Crippen LogP contribution is -2.50. The van der Waals surface area contributed by atoms with Gasteiger partial charge in [-0.05, 0) is 37.1 Å². The maximum absolute atomic E-state index is 12.6. The Hall–Kier alpha value is -3.16. The van der Waals surface area contributed by atoms with Gasteiger partial charge in [0.1, 0.15) is 5.75 Å². The van der Waals surface area contributed by atoms with Crippen LogP contribution in [-0.2, 0) is 0 Å².